The number of nitrogens with zero attached hydrogens (tertiary/aromatic N) is 4. The van der Waals surface area contributed by atoms with Crippen molar-refractivity contribution in [3.8, 4) is 17.0 Å². The van der Waals surface area contributed by atoms with Crippen molar-refractivity contribution in [2.75, 3.05) is 39.2 Å². The summed E-state index contributed by atoms with van der Waals surface area (Å²) >= 11 is 0. The van der Waals surface area contributed by atoms with Crippen LogP contribution in [0.15, 0.2) is 30.3 Å². The minimum Gasteiger partial charge on any atom is -0.497 e. The molecule has 0 saturated carbocycles. The lowest BCUT2D eigenvalue weighted by Gasteiger charge is -2.20. The second-order valence-electron chi connectivity index (χ2n) is 7.54. The fourth-order valence-corrected chi connectivity index (χ4v) is 4.61. The van der Waals surface area contributed by atoms with E-state index in [9.17, 15) is 8.42 Å². The Balaban J connectivity index is 1.94. The van der Waals surface area contributed by atoms with E-state index >= 15 is 0 Å². The molecule has 2 aromatic rings. The predicted octanol–water partition coefficient (Wildman–Crippen LogP) is 2.75. The van der Waals surface area contributed by atoms with E-state index in [1.54, 1.807) is 25.3 Å². The Bertz CT molecular complexity index is 927. The third kappa shape index (κ3) is 4.12. The van der Waals surface area contributed by atoms with Crippen molar-refractivity contribution in [3.63, 3.8) is 0 Å². The Morgan fingerprint density at radius 1 is 1.18 bits per heavy atom. The fraction of sp³-hybridized carbons (Fsp3) is 0.500. The number of benzene rings is 1. The Morgan fingerprint density at radius 2 is 1.86 bits per heavy atom. The average molecular weight is 405 g/mol. The monoisotopic (exact) mass is 404 g/mol. The smallest absolute Gasteiger partial charge is 0.225 e. The standard InChI is InChI=1S/C20H28N4O3S/c1-14(2)28(25,26)24-11-10-16(13-24)19-12-18(21-20(22-19)23(3)4)15-6-8-17(27-5)9-7-15/h6-9,12,14,16H,10-11,13H2,1-5H3/t16-/m0/s1. The molecule has 1 atom stereocenters. The van der Waals surface area contributed by atoms with E-state index in [0.717, 1.165) is 29.1 Å². The maximum atomic E-state index is 12.5. The maximum absolute atomic E-state index is 12.5. The van der Waals surface area contributed by atoms with Gasteiger partial charge in [0.05, 0.1) is 23.7 Å². The lowest BCUT2D eigenvalue weighted by atomic mass is 10.0. The summed E-state index contributed by atoms with van der Waals surface area (Å²) in [5.41, 5.74) is 2.67. The van der Waals surface area contributed by atoms with E-state index in [2.05, 4.69) is 4.98 Å². The molecule has 1 fully saturated rings. The zero-order valence-corrected chi connectivity index (χ0v) is 17.9. The molecular formula is C20H28N4O3S. The van der Waals surface area contributed by atoms with Crippen molar-refractivity contribution in [3.05, 3.63) is 36.0 Å². The number of aromatic nitrogens is 2. The first-order valence-electron chi connectivity index (χ1n) is 9.42. The Morgan fingerprint density at radius 3 is 2.43 bits per heavy atom. The molecular weight excluding hydrogens is 376 g/mol. The van der Waals surface area contributed by atoms with E-state index in [0.29, 0.717) is 19.0 Å². The molecule has 1 aliphatic heterocycles. The summed E-state index contributed by atoms with van der Waals surface area (Å²) in [4.78, 5) is 11.2. The molecule has 7 nitrogen and oxygen atoms in total. The van der Waals surface area contributed by atoms with Crippen LogP contribution in [0.25, 0.3) is 11.3 Å². The number of hydrogen-bond acceptors (Lipinski definition) is 6. The minimum atomic E-state index is -3.25. The van der Waals surface area contributed by atoms with E-state index in [4.69, 9.17) is 9.72 Å². The molecule has 0 aliphatic carbocycles. The molecule has 0 radical (unpaired) electrons. The lowest BCUT2D eigenvalue weighted by Crippen LogP contribution is -2.34. The molecule has 0 spiro atoms. The largest absolute Gasteiger partial charge is 0.497 e. The van der Waals surface area contributed by atoms with Gasteiger partial charge in [0, 0.05) is 38.7 Å². The maximum Gasteiger partial charge on any atom is 0.225 e. The van der Waals surface area contributed by atoms with Crippen molar-refractivity contribution < 1.29 is 13.2 Å². The molecule has 0 unspecified atom stereocenters. The highest BCUT2D eigenvalue weighted by molar-refractivity contribution is 7.89. The molecule has 2 heterocycles. The second-order valence-corrected chi connectivity index (χ2v) is 10.0. The first-order chi connectivity index (χ1) is 13.2. The van der Waals surface area contributed by atoms with Crippen molar-refractivity contribution in [2.24, 2.45) is 0 Å². The zero-order chi connectivity index (χ0) is 20.5. The highest BCUT2D eigenvalue weighted by Crippen LogP contribution is 2.32. The summed E-state index contributed by atoms with van der Waals surface area (Å²) in [5.74, 6) is 1.47. The van der Waals surface area contributed by atoms with Gasteiger partial charge in [-0.15, -0.1) is 0 Å². The van der Waals surface area contributed by atoms with Crippen LogP contribution in [0.3, 0.4) is 0 Å². The molecule has 0 N–H and O–H groups in total. The van der Waals surface area contributed by atoms with Crippen LogP contribution in [0.2, 0.25) is 0 Å². The Hall–Kier alpha value is -2.19. The molecule has 28 heavy (non-hydrogen) atoms. The molecule has 1 saturated heterocycles. The number of rotatable bonds is 6. The predicted molar refractivity (Wildman–Crippen MR) is 111 cm³/mol. The van der Waals surface area contributed by atoms with Crippen LogP contribution in [0.4, 0.5) is 5.95 Å². The van der Waals surface area contributed by atoms with Crippen LogP contribution in [0, 0.1) is 0 Å². The average Bonchev–Trinajstić information content (AvgIpc) is 3.18. The zero-order valence-electron chi connectivity index (χ0n) is 17.1. The van der Waals surface area contributed by atoms with Crippen LogP contribution in [-0.2, 0) is 10.0 Å². The van der Waals surface area contributed by atoms with Gasteiger partial charge >= 0.3 is 0 Å². The second kappa shape index (κ2) is 8.05. The van der Waals surface area contributed by atoms with Gasteiger partial charge in [0.2, 0.25) is 16.0 Å². The topological polar surface area (TPSA) is 75.6 Å². The molecule has 1 aliphatic rings. The number of methoxy groups -OCH3 is 1. The summed E-state index contributed by atoms with van der Waals surface area (Å²) in [6, 6.07) is 9.71. The van der Waals surface area contributed by atoms with E-state index in [1.807, 2.05) is 49.3 Å². The van der Waals surface area contributed by atoms with Gasteiger partial charge in [0.1, 0.15) is 5.75 Å². The Labute approximate surface area is 167 Å². The van der Waals surface area contributed by atoms with Gasteiger partial charge in [-0.3, -0.25) is 0 Å². The van der Waals surface area contributed by atoms with Gasteiger partial charge < -0.3 is 9.64 Å². The summed E-state index contributed by atoms with van der Waals surface area (Å²) in [5, 5.41) is -0.413. The number of hydrogen-bond donors (Lipinski definition) is 0. The minimum absolute atomic E-state index is 0.0622. The lowest BCUT2D eigenvalue weighted by molar-refractivity contribution is 0.415. The first kappa shape index (κ1) is 20.5. The molecule has 0 bridgehead atoms. The van der Waals surface area contributed by atoms with Gasteiger partial charge in [-0.1, -0.05) is 0 Å². The van der Waals surface area contributed by atoms with Gasteiger partial charge in [0.25, 0.3) is 0 Å². The third-order valence-electron chi connectivity index (χ3n) is 5.04. The summed E-state index contributed by atoms with van der Waals surface area (Å²) in [6.45, 7) is 4.44. The summed E-state index contributed by atoms with van der Waals surface area (Å²) < 4.78 is 31.8. The van der Waals surface area contributed by atoms with Gasteiger partial charge in [-0.05, 0) is 50.6 Å². The first-order valence-corrected chi connectivity index (χ1v) is 10.9. The van der Waals surface area contributed by atoms with Crippen LogP contribution in [-0.4, -0.2) is 62.2 Å². The highest BCUT2D eigenvalue weighted by atomic mass is 32.2. The Kier molecular flexibility index (Phi) is 5.90. The third-order valence-corrected chi connectivity index (χ3v) is 7.29. The van der Waals surface area contributed by atoms with E-state index in [1.165, 1.54) is 0 Å². The molecule has 0 amide bonds. The van der Waals surface area contributed by atoms with Crippen LogP contribution >= 0.6 is 0 Å². The van der Waals surface area contributed by atoms with E-state index in [-0.39, 0.29) is 5.92 Å². The molecule has 3 rings (SSSR count). The van der Waals surface area contributed by atoms with Gasteiger partial charge in [-0.2, -0.15) is 0 Å². The molecule has 1 aromatic carbocycles. The van der Waals surface area contributed by atoms with Crippen LogP contribution in [0.5, 0.6) is 5.75 Å². The van der Waals surface area contributed by atoms with Crippen molar-refractivity contribution >= 4 is 16.0 Å². The quantitative estimate of drug-likeness (QED) is 0.737. The molecule has 1 aromatic heterocycles. The van der Waals surface area contributed by atoms with Crippen LogP contribution < -0.4 is 9.64 Å². The summed E-state index contributed by atoms with van der Waals surface area (Å²) in [6.07, 6.45) is 0.762. The van der Waals surface area contributed by atoms with Crippen LogP contribution in [0.1, 0.15) is 31.9 Å². The van der Waals surface area contributed by atoms with Crippen molar-refractivity contribution in [2.45, 2.75) is 31.4 Å². The van der Waals surface area contributed by atoms with E-state index < -0.39 is 15.3 Å². The number of sulfonamides is 1. The highest BCUT2D eigenvalue weighted by Gasteiger charge is 2.34. The van der Waals surface area contributed by atoms with Gasteiger partial charge in [0.15, 0.2) is 0 Å². The van der Waals surface area contributed by atoms with Crippen molar-refractivity contribution in [1.82, 2.24) is 14.3 Å². The van der Waals surface area contributed by atoms with Crippen molar-refractivity contribution in [1.29, 1.82) is 0 Å². The summed E-state index contributed by atoms with van der Waals surface area (Å²) in [7, 11) is 2.20. The number of anilines is 1. The molecule has 152 valence electrons. The number of ether oxygens (including phenoxy) is 1. The SMILES string of the molecule is COc1ccc(-c2cc([C@H]3CCN(S(=O)(=O)C(C)C)C3)nc(N(C)C)n2)cc1. The molecule has 8 heteroatoms. The van der Waals surface area contributed by atoms with Gasteiger partial charge in [-0.25, -0.2) is 22.7 Å². The fourth-order valence-electron chi connectivity index (χ4n) is 3.27. The normalized spacial score (nSPS) is 17.9.